The molecule has 5 rings (SSSR count). The number of piperidine rings is 1. The Morgan fingerprint density at radius 2 is 1.90 bits per heavy atom. The van der Waals surface area contributed by atoms with Crippen molar-refractivity contribution in [2.24, 2.45) is 0 Å². The number of anilines is 1. The van der Waals surface area contributed by atoms with E-state index < -0.39 is 0 Å². The smallest absolute Gasteiger partial charge is 0.257 e. The van der Waals surface area contributed by atoms with Gasteiger partial charge in [0.15, 0.2) is 0 Å². The molecule has 2 aromatic heterocycles. The first-order chi connectivity index (χ1) is 19.5. The van der Waals surface area contributed by atoms with Crippen molar-refractivity contribution < 1.29 is 9.18 Å². The van der Waals surface area contributed by atoms with Crippen molar-refractivity contribution in [2.75, 3.05) is 38.0 Å². The van der Waals surface area contributed by atoms with Crippen LogP contribution in [0.3, 0.4) is 0 Å². The Kier molecular flexibility index (Phi) is 9.08. The molecule has 0 unspecified atom stereocenters. The maximum Gasteiger partial charge on any atom is 0.257 e. The van der Waals surface area contributed by atoms with Gasteiger partial charge in [-0.3, -0.25) is 4.79 Å². The summed E-state index contributed by atoms with van der Waals surface area (Å²) in [6.45, 7) is 6.34. The number of carbonyl (C=O) groups excluding carboxylic acids is 1. The van der Waals surface area contributed by atoms with Gasteiger partial charge in [0.05, 0.1) is 23.1 Å². The lowest BCUT2D eigenvalue weighted by Crippen LogP contribution is -2.44. The molecule has 9 heteroatoms. The Morgan fingerprint density at radius 3 is 2.65 bits per heavy atom. The number of nitrogens with one attached hydrogen (secondary N) is 1. The normalized spacial score (nSPS) is 14.7. The summed E-state index contributed by atoms with van der Waals surface area (Å²) < 4.78 is 15.6. The molecule has 0 atom stereocenters. The highest BCUT2D eigenvalue weighted by Gasteiger charge is 2.23. The van der Waals surface area contributed by atoms with Crippen molar-refractivity contribution in [2.45, 2.75) is 32.4 Å². The molecular formula is C31H34ClFN6O. The Hall–Kier alpha value is -3.75. The molecule has 0 saturated carbocycles. The molecule has 1 fully saturated rings. The lowest BCUT2D eigenvalue weighted by molar-refractivity contribution is 0.0748. The SMILES string of the molecule is C/C=C/CN(CCN1CCC(Nc2nc3ccccc3n2Cc2ccc(F)cc2)CC1)C(=O)c1cccnc1Cl. The summed E-state index contributed by atoms with van der Waals surface area (Å²) in [7, 11) is 0. The Bertz CT molecular complexity index is 1460. The first-order valence-corrected chi connectivity index (χ1v) is 14.1. The molecule has 1 aliphatic heterocycles. The van der Waals surface area contributed by atoms with E-state index in [2.05, 4.69) is 25.8 Å². The number of nitrogens with zero attached hydrogens (tertiary/aromatic N) is 5. The van der Waals surface area contributed by atoms with E-state index in [1.54, 1.807) is 18.3 Å². The molecule has 0 radical (unpaired) electrons. The van der Waals surface area contributed by atoms with Crippen LogP contribution in [0.2, 0.25) is 5.15 Å². The van der Waals surface area contributed by atoms with Crippen molar-refractivity contribution in [3.05, 3.63) is 101 Å². The number of carbonyl (C=O) groups is 1. The first kappa shape index (κ1) is 27.8. The summed E-state index contributed by atoms with van der Waals surface area (Å²) in [5.41, 5.74) is 3.43. The summed E-state index contributed by atoms with van der Waals surface area (Å²) in [5.74, 6) is 0.493. The second kappa shape index (κ2) is 13.1. The zero-order valence-corrected chi connectivity index (χ0v) is 23.4. The average Bonchev–Trinajstić information content (AvgIpc) is 3.31. The number of fused-ring (bicyclic) bond motifs is 1. The zero-order chi connectivity index (χ0) is 27.9. The van der Waals surface area contributed by atoms with Crippen molar-refractivity contribution >= 4 is 34.5 Å². The fraction of sp³-hybridized carbons (Fsp3) is 0.323. The van der Waals surface area contributed by atoms with Gasteiger partial charge in [0.25, 0.3) is 5.91 Å². The van der Waals surface area contributed by atoms with E-state index in [1.807, 2.05) is 54.3 Å². The van der Waals surface area contributed by atoms with E-state index in [4.69, 9.17) is 16.6 Å². The van der Waals surface area contributed by atoms with Crippen LogP contribution >= 0.6 is 11.6 Å². The van der Waals surface area contributed by atoms with Crippen LogP contribution in [0.15, 0.2) is 79.0 Å². The molecule has 7 nitrogen and oxygen atoms in total. The minimum Gasteiger partial charge on any atom is -0.353 e. The van der Waals surface area contributed by atoms with Gasteiger partial charge in [-0.25, -0.2) is 14.4 Å². The number of imidazole rings is 1. The van der Waals surface area contributed by atoms with Gasteiger partial charge in [-0.2, -0.15) is 0 Å². The quantitative estimate of drug-likeness (QED) is 0.194. The van der Waals surface area contributed by atoms with Crippen LogP contribution in [-0.2, 0) is 6.54 Å². The number of halogens is 2. The highest BCUT2D eigenvalue weighted by atomic mass is 35.5. The molecule has 0 bridgehead atoms. The van der Waals surface area contributed by atoms with Crippen LogP contribution in [0.4, 0.5) is 10.3 Å². The Balaban J connectivity index is 1.20. The third-order valence-corrected chi connectivity index (χ3v) is 7.65. The summed E-state index contributed by atoms with van der Waals surface area (Å²) in [6, 6.07) is 18.5. The number of benzene rings is 2. The molecular weight excluding hydrogens is 527 g/mol. The minimum absolute atomic E-state index is 0.104. The number of amides is 1. The highest BCUT2D eigenvalue weighted by Crippen LogP contribution is 2.24. The van der Waals surface area contributed by atoms with Gasteiger partial charge in [-0.05, 0) is 61.7 Å². The molecule has 40 heavy (non-hydrogen) atoms. The van der Waals surface area contributed by atoms with E-state index in [0.717, 1.165) is 55.0 Å². The van der Waals surface area contributed by atoms with Crippen LogP contribution in [0.25, 0.3) is 11.0 Å². The maximum absolute atomic E-state index is 13.5. The van der Waals surface area contributed by atoms with Gasteiger partial charge in [-0.15, -0.1) is 0 Å². The number of aromatic nitrogens is 3. The molecule has 3 heterocycles. The Morgan fingerprint density at radius 1 is 1.12 bits per heavy atom. The summed E-state index contributed by atoms with van der Waals surface area (Å²) in [5, 5.41) is 3.92. The topological polar surface area (TPSA) is 66.3 Å². The zero-order valence-electron chi connectivity index (χ0n) is 22.6. The van der Waals surface area contributed by atoms with Crippen molar-refractivity contribution in [1.82, 2.24) is 24.3 Å². The number of rotatable bonds is 10. The van der Waals surface area contributed by atoms with Crippen LogP contribution in [0.1, 0.15) is 35.7 Å². The lowest BCUT2D eigenvalue weighted by Gasteiger charge is -2.34. The number of allylic oxidation sites excluding steroid dienone is 1. The van der Waals surface area contributed by atoms with Gasteiger partial charge >= 0.3 is 0 Å². The van der Waals surface area contributed by atoms with E-state index in [-0.39, 0.29) is 22.9 Å². The van der Waals surface area contributed by atoms with Crippen LogP contribution in [0, 0.1) is 5.82 Å². The number of hydrogen-bond acceptors (Lipinski definition) is 5. The van der Waals surface area contributed by atoms with E-state index in [9.17, 15) is 9.18 Å². The highest BCUT2D eigenvalue weighted by molar-refractivity contribution is 6.32. The average molecular weight is 561 g/mol. The molecule has 0 spiro atoms. The first-order valence-electron chi connectivity index (χ1n) is 13.7. The van der Waals surface area contributed by atoms with Gasteiger partial charge in [0, 0.05) is 45.0 Å². The monoisotopic (exact) mass is 560 g/mol. The lowest BCUT2D eigenvalue weighted by atomic mass is 10.1. The molecule has 2 aromatic carbocycles. The van der Waals surface area contributed by atoms with Gasteiger partial charge < -0.3 is 19.7 Å². The molecule has 4 aromatic rings. The molecule has 1 aliphatic rings. The molecule has 1 amide bonds. The van der Waals surface area contributed by atoms with Crippen molar-refractivity contribution in [3.63, 3.8) is 0 Å². The Labute approximate surface area is 239 Å². The minimum atomic E-state index is -0.237. The largest absolute Gasteiger partial charge is 0.353 e. The second-order valence-electron chi connectivity index (χ2n) is 10.1. The summed E-state index contributed by atoms with van der Waals surface area (Å²) in [4.78, 5) is 26.3. The van der Waals surface area contributed by atoms with Gasteiger partial charge in [0.2, 0.25) is 5.95 Å². The van der Waals surface area contributed by atoms with Crippen LogP contribution in [0.5, 0.6) is 0 Å². The predicted octanol–water partition coefficient (Wildman–Crippen LogP) is 5.87. The third-order valence-electron chi connectivity index (χ3n) is 7.35. The van der Waals surface area contributed by atoms with Crippen molar-refractivity contribution in [1.29, 1.82) is 0 Å². The molecule has 1 saturated heterocycles. The number of hydrogen-bond donors (Lipinski definition) is 1. The van der Waals surface area contributed by atoms with E-state index >= 15 is 0 Å². The third kappa shape index (κ3) is 6.69. The fourth-order valence-corrected chi connectivity index (χ4v) is 5.29. The standard InChI is InChI=1S/C31H34ClFN6O/c1-2-3-17-38(30(40)26-7-6-16-34-29(26)32)21-20-37-18-14-25(15-19-37)35-31-36-27-8-4-5-9-28(27)39(31)22-23-10-12-24(33)13-11-23/h2-13,16,25H,14-15,17-22H2,1H3,(H,35,36)/b3-2+. The van der Waals surface area contributed by atoms with E-state index in [0.29, 0.717) is 25.2 Å². The van der Waals surface area contributed by atoms with Gasteiger partial charge in [-0.1, -0.05) is 48.0 Å². The second-order valence-corrected chi connectivity index (χ2v) is 10.4. The number of pyridine rings is 1. The number of para-hydroxylation sites is 2. The molecule has 1 N–H and O–H groups in total. The van der Waals surface area contributed by atoms with Crippen LogP contribution < -0.4 is 5.32 Å². The molecule has 208 valence electrons. The number of likely N-dealkylation sites (tertiary alicyclic amines) is 1. The summed E-state index contributed by atoms with van der Waals surface area (Å²) in [6.07, 6.45) is 7.46. The summed E-state index contributed by atoms with van der Waals surface area (Å²) >= 11 is 6.20. The fourth-order valence-electron chi connectivity index (χ4n) is 5.09. The van der Waals surface area contributed by atoms with E-state index in [1.165, 1.54) is 12.1 Å². The van der Waals surface area contributed by atoms with Gasteiger partial charge in [0.1, 0.15) is 11.0 Å². The predicted molar refractivity (Wildman–Crippen MR) is 158 cm³/mol. The molecule has 0 aliphatic carbocycles. The van der Waals surface area contributed by atoms with Crippen LogP contribution in [-0.4, -0.2) is 69.0 Å². The van der Waals surface area contributed by atoms with Crippen molar-refractivity contribution in [3.8, 4) is 0 Å². The maximum atomic E-state index is 13.5.